The molecule has 0 aliphatic heterocycles. The summed E-state index contributed by atoms with van der Waals surface area (Å²) in [5.41, 5.74) is 1.43. The number of nitro benzene ring substituents is 1. The number of amides is 1. The number of hydrogen-bond donors (Lipinski definition) is 1. The molecule has 0 fully saturated rings. The number of aryl methyl sites for hydroxylation is 1. The van der Waals surface area contributed by atoms with Crippen LogP contribution in [-0.4, -0.2) is 25.1 Å². The molecule has 0 aliphatic carbocycles. The fourth-order valence-corrected chi connectivity index (χ4v) is 2.57. The first-order chi connectivity index (χ1) is 12.3. The van der Waals surface area contributed by atoms with Gasteiger partial charge in [0.25, 0.3) is 5.69 Å². The van der Waals surface area contributed by atoms with Crippen LogP contribution in [0, 0.1) is 17.0 Å². The van der Waals surface area contributed by atoms with Gasteiger partial charge in [-0.3, -0.25) is 14.9 Å². The summed E-state index contributed by atoms with van der Waals surface area (Å²) < 4.78 is 10.4. The van der Waals surface area contributed by atoms with E-state index >= 15 is 0 Å². The maximum absolute atomic E-state index is 12.1. The molecular weight excluding hydrogens is 360 g/mol. The maximum atomic E-state index is 12.1. The average Bonchev–Trinajstić information content (AvgIpc) is 2.60. The Morgan fingerprint density at radius 2 is 1.96 bits per heavy atom. The first-order valence-electron chi connectivity index (χ1n) is 7.51. The standard InChI is InChI=1S/C18H17ClN2O5/c1-11-4-6-13(10-15(11)21(23)24)20-17(22)7-5-12-8-14(19)18(26-3)16(9-12)25-2/h4-10H,1-3H3,(H,20,22)/b7-5+. The van der Waals surface area contributed by atoms with Gasteiger partial charge in [-0.05, 0) is 36.8 Å². The van der Waals surface area contributed by atoms with E-state index in [-0.39, 0.29) is 5.69 Å². The zero-order chi connectivity index (χ0) is 19.3. The van der Waals surface area contributed by atoms with Crippen LogP contribution in [0.1, 0.15) is 11.1 Å². The van der Waals surface area contributed by atoms with Crippen molar-refractivity contribution in [1.82, 2.24) is 0 Å². The van der Waals surface area contributed by atoms with Gasteiger partial charge in [-0.15, -0.1) is 0 Å². The number of rotatable bonds is 6. The molecule has 0 radical (unpaired) electrons. The number of nitro groups is 1. The Morgan fingerprint density at radius 3 is 2.58 bits per heavy atom. The van der Waals surface area contributed by atoms with Gasteiger partial charge in [-0.2, -0.15) is 0 Å². The third-order valence-electron chi connectivity index (χ3n) is 3.56. The average molecular weight is 377 g/mol. The van der Waals surface area contributed by atoms with Crippen molar-refractivity contribution in [1.29, 1.82) is 0 Å². The highest BCUT2D eigenvalue weighted by atomic mass is 35.5. The summed E-state index contributed by atoms with van der Waals surface area (Å²) in [5.74, 6) is 0.408. The number of nitrogens with one attached hydrogen (secondary N) is 1. The van der Waals surface area contributed by atoms with Crippen LogP contribution in [0.2, 0.25) is 5.02 Å². The van der Waals surface area contributed by atoms with E-state index in [4.69, 9.17) is 21.1 Å². The largest absolute Gasteiger partial charge is 0.493 e. The molecular formula is C18H17ClN2O5. The number of carbonyl (C=O) groups excluding carboxylic acids is 1. The van der Waals surface area contributed by atoms with E-state index in [0.717, 1.165) is 0 Å². The molecule has 0 aromatic heterocycles. The molecule has 0 spiro atoms. The number of ether oxygens (including phenoxy) is 2. The number of nitrogens with zero attached hydrogens (tertiary/aromatic N) is 1. The summed E-state index contributed by atoms with van der Waals surface area (Å²) in [4.78, 5) is 22.5. The quantitative estimate of drug-likeness (QED) is 0.463. The van der Waals surface area contributed by atoms with Gasteiger partial charge in [-0.1, -0.05) is 17.7 Å². The van der Waals surface area contributed by atoms with Crippen molar-refractivity contribution in [2.75, 3.05) is 19.5 Å². The van der Waals surface area contributed by atoms with Crippen LogP contribution < -0.4 is 14.8 Å². The van der Waals surface area contributed by atoms with Gasteiger partial charge in [0, 0.05) is 23.4 Å². The molecule has 1 N–H and O–H groups in total. The van der Waals surface area contributed by atoms with E-state index in [2.05, 4.69) is 5.32 Å². The Balaban J connectivity index is 2.16. The van der Waals surface area contributed by atoms with Crippen LogP contribution >= 0.6 is 11.6 Å². The summed E-state index contributed by atoms with van der Waals surface area (Å²) in [6.07, 6.45) is 2.84. The van der Waals surface area contributed by atoms with Gasteiger partial charge in [0.05, 0.1) is 24.2 Å². The second-order valence-electron chi connectivity index (χ2n) is 5.32. The van der Waals surface area contributed by atoms with Gasteiger partial charge in [0.2, 0.25) is 5.91 Å². The molecule has 0 atom stereocenters. The Labute approximate surface area is 155 Å². The summed E-state index contributed by atoms with van der Waals surface area (Å²) in [5, 5.41) is 13.9. The predicted octanol–water partition coefficient (Wildman–Crippen LogP) is 4.23. The van der Waals surface area contributed by atoms with E-state index in [1.54, 1.807) is 37.3 Å². The van der Waals surface area contributed by atoms with Crippen LogP contribution in [0.4, 0.5) is 11.4 Å². The molecule has 0 saturated carbocycles. The Morgan fingerprint density at radius 1 is 1.23 bits per heavy atom. The van der Waals surface area contributed by atoms with E-state index in [9.17, 15) is 14.9 Å². The van der Waals surface area contributed by atoms with Gasteiger partial charge in [0.15, 0.2) is 11.5 Å². The predicted molar refractivity (Wildman–Crippen MR) is 100 cm³/mol. The molecule has 0 aliphatic rings. The lowest BCUT2D eigenvalue weighted by Crippen LogP contribution is -2.08. The Kier molecular flexibility index (Phi) is 6.19. The van der Waals surface area contributed by atoms with Crippen LogP contribution in [0.3, 0.4) is 0 Å². The minimum atomic E-state index is -0.494. The van der Waals surface area contributed by atoms with Crippen molar-refractivity contribution in [3.63, 3.8) is 0 Å². The summed E-state index contributed by atoms with van der Waals surface area (Å²) in [6, 6.07) is 7.79. The fourth-order valence-electron chi connectivity index (χ4n) is 2.27. The van der Waals surface area contributed by atoms with E-state index in [1.165, 1.54) is 26.4 Å². The summed E-state index contributed by atoms with van der Waals surface area (Å²) >= 11 is 6.12. The SMILES string of the molecule is COc1cc(/C=C/C(=O)Nc2ccc(C)c([N+](=O)[O-])c2)cc(Cl)c1OC. The van der Waals surface area contributed by atoms with Crippen molar-refractivity contribution < 1.29 is 19.2 Å². The van der Waals surface area contributed by atoms with E-state index in [0.29, 0.717) is 33.3 Å². The second kappa shape index (κ2) is 8.35. The molecule has 26 heavy (non-hydrogen) atoms. The van der Waals surface area contributed by atoms with Crippen LogP contribution in [0.15, 0.2) is 36.4 Å². The molecule has 136 valence electrons. The number of hydrogen-bond acceptors (Lipinski definition) is 5. The fraction of sp³-hybridized carbons (Fsp3) is 0.167. The molecule has 0 bridgehead atoms. The topological polar surface area (TPSA) is 90.7 Å². The molecule has 0 heterocycles. The Hall–Kier alpha value is -3.06. The molecule has 7 nitrogen and oxygen atoms in total. The number of methoxy groups -OCH3 is 2. The lowest BCUT2D eigenvalue weighted by molar-refractivity contribution is -0.385. The molecule has 1 amide bonds. The zero-order valence-corrected chi connectivity index (χ0v) is 15.2. The van der Waals surface area contributed by atoms with Crippen LogP contribution in [-0.2, 0) is 4.79 Å². The molecule has 2 aromatic carbocycles. The molecule has 2 rings (SSSR count). The normalized spacial score (nSPS) is 10.6. The minimum Gasteiger partial charge on any atom is -0.493 e. The molecule has 0 saturated heterocycles. The second-order valence-corrected chi connectivity index (χ2v) is 5.73. The summed E-state index contributed by atoms with van der Waals surface area (Å²) in [7, 11) is 2.96. The summed E-state index contributed by atoms with van der Waals surface area (Å²) in [6.45, 7) is 1.63. The van der Waals surface area contributed by atoms with Crippen molar-refractivity contribution in [3.05, 3.63) is 62.7 Å². The van der Waals surface area contributed by atoms with E-state index < -0.39 is 10.8 Å². The third-order valence-corrected chi connectivity index (χ3v) is 3.84. The number of benzene rings is 2. The first kappa shape index (κ1) is 19.3. The lowest BCUT2D eigenvalue weighted by Gasteiger charge is -2.10. The van der Waals surface area contributed by atoms with Crippen LogP contribution in [0.5, 0.6) is 11.5 Å². The highest BCUT2D eigenvalue weighted by Crippen LogP contribution is 2.36. The van der Waals surface area contributed by atoms with Gasteiger partial charge in [0.1, 0.15) is 0 Å². The first-order valence-corrected chi connectivity index (χ1v) is 7.89. The van der Waals surface area contributed by atoms with Crippen molar-refractivity contribution in [2.45, 2.75) is 6.92 Å². The van der Waals surface area contributed by atoms with Gasteiger partial charge < -0.3 is 14.8 Å². The van der Waals surface area contributed by atoms with E-state index in [1.807, 2.05) is 0 Å². The van der Waals surface area contributed by atoms with Crippen molar-refractivity contribution in [3.8, 4) is 11.5 Å². The molecule has 0 unspecified atom stereocenters. The smallest absolute Gasteiger partial charge is 0.274 e. The highest BCUT2D eigenvalue weighted by Gasteiger charge is 2.12. The third kappa shape index (κ3) is 4.52. The number of halogens is 1. The van der Waals surface area contributed by atoms with Gasteiger partial charge in [-0.25, -0.2) is 0 Å². The van der Waals surface area contributed by atoms with Crippen molar-refractivity contribution in [2.24, 2.45) is 0 Å². The molecule has 2 aromatic rings. The minimum absolute atomic E-state index is 0.0570. The zero-order valence-electron chi connectivity index (χ0n) is 14.4. The Bertz CT molecular complexity index is 880. The maximum Gasteiger partial charge on any atom is 0.274 e. The molecule has 8 heteroatoms. The number of anilines is 1. The van der Waals surface area contributed by atoms with Crippen molar-refractivity contribution >= 4 is 35.0 Å². The monoisotopic (exact) mass is 376 g/mol. The highest BCUT2D eigenvalue weighted by molar-refractivity contribution is 6.32. The number of carbonyl (C=O) groups is 1. The lowest BCUT2D eigenvalue weighted by atomic mass is 10.1. The van der Waals surface area contributed by atoms with Crippen LogP contribution in [0.25, 0.3) is 6.08 Å². The van der Waals surface area contributed by atoms with Gasteiger partial charge >= 0.3 is 0 Å².